The van der Waals surface area contributed by atoms with Crippen molar-refractivity contribution >= 4 is 30.4 Å². The minimum absolute atomic E-state index is 0.0400. The Bertz CT molecular complexity index is 872. The van der Waals surface area contributed by atoms with E-state index in [1.54, 1.807) is 6.20 Å². The van der Waals surface area contributed by atoms with E-state index < -0.39 is 31.5 Å². The van der Waals surface area contributed by atoms with Crippen LogP contribution in [0.15, 0.2) is 30.5 Å². The molecule has 1 aromatic heterocycles. The highest BCUT2D eigenvalue weighted by molar-refractivity contribution is 7.49. The molecule has 0 aliphatic carbocycles. The number of carbonyl (C=O) groups is 2. The third-order valence-electron chi connectivity index (χ3n) is 4.54. The Morgan fingerprint density at radius 1 is 1.25 bits per heavy atom. The molecule has 4 N–H and O–H groups in total. The van der Waals surface area contributed by atoms with Gasteiger partial charge in [-0.2, -0.15) is 0 Å². The molecular formula is C19H27N2O6P. The molecule has 2 rings (SSSR count). The Morgan fingerprint density at radius 3 is 2.54 bits per heavy atom. The minimum atomic E-state index is -4.59. The van der Waals surface area contributed by atoms with Crippen molar-refractivity contribution in [2.24, 2.45) is 11.8 Å². The molecule has 0 aliphatic rings. The second-order valence-electron chi connectivity index (χ2n) is 7.31. The van der Waals surface area contributed by atoms with Crippen LogP contribution in [0.2, 0.25) is 0 Å². The van der Waals surface area contributed by atoms with Crippen molar-refractivity contribution in [3.05, 3.63) is 36.0 Å². The van der Waals surface area contributed by atoms with E-state index in [2.05, 4.69) is 10.1 Å². The fourth-order valence-electron chi connectivity index (χ4n) is 3.29. The number of methoxy groups -OCH3 is 1. The predicted octanol–water partition coefficient (Wildman–Crippen LogP) is 2.56. The second kappa shape index (κ2) is 9.47. The van der Waals surface area contributed by atoms with Crippen molar-refractivity contribution in [3.63, 3.8) is 0 Å². The number of benzene rings is 1. The van der Waals surface area contributed by atoms with E-state index in [-0.39, 0.29) is 25.2 Å². The highest BCUT2D eigenvalue weighted by Crippen LogP contribution is 2.31. The van der Waals surface area contributed by atoms with Crippen LogP contribution in [0.5, 0.6) is 0 Å². The Kier molecular flexibility index (Phi) is 7.55. The van der Waals surface area contributed by atoms with E-state index in [4.69, 9.17) is 4.74 Å². The number of H-pyrrole nitrogens is 1. The number of esters is 1. The van der Waals surface area contributed by atoms with Crippen molar-refractivity contribution < 1.29 is 28.7 Å². The van der Waals surface area contributed by atoms with E-state index in [0.29, 0.717) is 0 Å². The molecular weight excluding hydrogens is 383 g/mol. The summed E-state index contributed by atoms with van der Waals surface area (Å²) in [5.74, 6) is -1.66. The van der Waals surface area contributed by atoms with Crippen LogP contribution >= 0.6 is 7.75 Å². The lowest BCUT2D eigenvalue weighted by Gasteiger charge is -2.22. The van der Waals surface area contributed by atoms with Crippen molar-refractivity contribution in [2.75, 3.05) is 7.11 Å². The number of fused-ring (bicyclic) bond motifs is 1. The number of rotatable bonds is 10. The van der Waals surface area contributed by atoms with Crippen LogP contribution < -0.4 is 5.09 Å². The Labute approximate surface area is 163 Å². The lowest BCUT2D eigenvalue weighted by atomic mass is 9.90. The van der Waals surface area contributed by atoms with Crippen molar-refractivity contribution in [1.82, 2.24) is 10.1 Å². The summed E-state index contributed by atoms with van der Waals surface area (Å²) in [6.07, 6.45) is 2.17. The van der Waals surface area contributed by atoms with Gasteiger partial charge in [-0.05, 0) is 30.4 Å². The maximum Gasteiger partial charge on any atom is 0.400 e. The van der Waals surface area contributed by atoms with E-state index in [0.717, 1.165) is 16.5 Å². The summed E-state index contributed by atoms with van der Waals surface area (Å²) in [5.41, 5.74) is 1.80. The average Bonchev–Trinajstić information content (AvgIpc) is 3.01. The van der Waals surface area contributed by atoms with Gasteiger partial charge >= 0.3 is 13.7 Å². The fraction of sp³-hybridized carbons (Fsp3) is 0.474. The molecule has 154 valence electrons. The largest absolute Gasteiger partial charge is 0.469 e. The lowest BCUT2D eigenvalue weighted by molar-refractivity contribution is -0.147. The number of nitrogens with one attached hydrogen (secondary N) is 2. The molecule has 1 unspecified atom stereocenters. The first-order valence-electron chi connectivity index (χ1n) is 9.09. The average molecular weight is 410 g/mol. The summed E-state index contributed by atoms with van der Waals surface area (Å²) in [6, 6.07) is 6.60. The van der Waals surface area contributed by atoms with Crippen LogP contribution in [0.25, 0.3) is 10.9 Å². The summed E-state index contributed by atoms with van der Waals surface area (Å²) in [4.78, 5) is 46.6. The molecule has 8 nitrogen and oxygen atoms in total. The first kappa shape index (κ1) is 22.3. The third-order valence-corrected chi connectivity index (χ3v) is 5.19. The highest BCUT2D eigenvalue weighted by atomic mass is 31.2. The number of carbonyl (C=O) groups excluding carboxylic acids is 2. The van der Waals surface area contributed by atoms with Crippen molar-refractivity contribution in [3.8, 4) is 0 Å². The molecule has 2 aromatic rings. The van der Waals surface area contributed by atoms with Crippen LogP contribution in [0.1, 0.15) is 32.3 Å². The molecule has 0 amide bonds. The molecule has 0 radical (unpaired) electrons. The maximum atomic E-state index is 12.8. The van der Waals surface area contributed by atoms with Crippen LogP contribution in [-0.4, -0.2) is 39.7 Å². The number of ether oxygens (including phenoxy) is 1. The molecule has 0 saturated carbocycles. The number of aromatic nitrogens is 1. The monoisotopic (exact) mass is 410 g/mol. The minimum Gasteiger partial charge on any atom is -0.469 e. The molecule has 28 heavy (non-hydrogen) atoms. The smallest absolute Gasteiger partial charge is 0.400 e. The molecule has 0 bridgehead atoms. The van der Waals surface area contributed by atoms with Crippen LogP contribution in [0, 0.1) is 11.8 Å². The molecule has 9 heteroatoms. The summed E-state index contributed by atoms with van der Waals surface area (Å²) in [5, 5.41) is 3.05. The number of hydrogen-bond acceptors (Lipinski definition) is 4. The third kappa shape index (κ3) is 6.27. The van der Waals surface area contributed by atoms with Crippen LogP contribution in [0.4, 0.5) is 0 Å². The molecule has 0 aliphatic heterocycles. The fourth-order valence-corrected chi connectivity index (χ4v) is 3.94. The first-order chi connectivity index (χ1) is 13.1. The summed E-state index contributed by atoms with van der Waals surface area (Å²) in [6.45, 7) is 3.71. The van der Waals surface area contributed by atoms with Crippen LogP contribution in [0.3, 0.4) is 0 Å². The van der Waals surface area contributed by atoms with E-state index in [1.807, 2.05) is 38.1 Å². The zero-order valence-corrected chi connectivity index (χ0v) is 17.1. The predicted molar refractivity (Wildman–Crippen MR) is 106 cm³/mol. The maximum absolute atomic E-state index is 12.8. The Balaban J connectivity index is 2.21. The zero-order chi connectivity index (χ0) is 20.9. The number of hydrogen-bond donors (Lipinski definition) is 4. The van der Waals surface area contributed by atoms with Gasteiger partial charge in [0.2, 0.25) is 0 Å². The number of Topliss-reactive ketones (excluding diaryl/α,β-unsaturated/α-hetero) is 1. The van der Waals surface area contributed by atoms with Gasteiger partial charge in [-0.1, -0.05) is 32.0 Å². The van der Waals surface area contributed by atoms with Crippen LogP contribution in [-0.2, 0) is 25.3 Å². The van der Waals surface area contributed by atoms with Gasteiger partial charge in [0.05, 0.1) is 19.1 Å². The van der Waals surface area contributed by atoms with Gasteiger partial charge in [-0.3, -0.25) is 9.59 Å². The first-order valence-corrected chi connectivity index (χ1v) is 10.7. The summed E-state index contributed by atoms with van der Waals surface area (Å²) < 4.78 is 16.2. The molecule has 0 saturated heterocycles. The number of aromatic amines is 1. The number of para-hydroxylation sites is 1. The standard InChI is InChI=1S/C19H27N2O6P/c1-12(2)8-17(21-28(24,25)26)18(22)10-13(19(23)27-3)9-14-11-20-16-7-5-4-6-15(14)16/h4-7,11-13,17,20H,8-10H2,1-3H3,(H3,21,24,25,26)/t13?,17-/m0/s1. The SMILES string of the molecule is COC(=O)C(CC(=O)[C@H](CC(C)C)NP(=O)(O)O)Cc1c[nH]c2ccccc12. The lowest BCUT2D eigenvalue weighted by Crippen LogP contribution is -2.38. The van der Waals surface area contributed by atoms with E-state index >= 15 is 0 Å². The van der Waals surface area contributed by atoms with Gasteiger partial charge in [0, 0.05) is 23.5 Å². The second-order valence-corrected chi connectivity index (χ2v) is 8.66. The van der Waals surface area contributed by atoms with Crippen molar-refractivity contribution in [2.45, 2.75) is 39.2 Å². The molecule has 0 spiro atoms. The zero-order valence-electron chi connectivity index (χ0n) is 16.2. The van der Waals surface area contributed by atoms with Gasteiger partial charge in [-0.25, -0.2) is 9.65 Å². The van der Waals surface area contributed by atoms with Gasteiger partial charge in [0.25, 0.3) is 0 Å². The molecule has 0 fully saturated rings. The quantitative estimate of drug-likeness (QED) is 0.350. The molecule has 1 heterocycles. The Hall–Kier alpha value is -1.99. The summed E-state index contributed by atoms with van der Waals surface area (Å²) in [7, 11) is -3.33. The van der Waals surface area contributed by atoms with Gasteiger partial charge in [0.15, 0.2) is 5.78 Å². The van der Waals surface area contributed by atoms with Crippen molar-refractivity contribution in [1.29, 1.82) is 0 Å². The normalized spacial score (nSPS) is 14.2. The highest BCUT2D eigenvalue weighted by Gasteiger charge is 2.31. The van der Waals surface area contributed by atoms with E-state index in [1.165, 1.54) is 7.11 Å². The van der Waals surface area contributed by atoms with E-state index in [9.17, 15) is 23.9 Å². The molecule has 1 aromatic carbocycles. The Morgan fingerprint density at radius 2 is 1.93 bits per heavy atom. The van der Waals surface area contributed by atoms with Gasteiger partial charge < -0.3 is 19.5 Å². The molecule has 2 atom stereocenters. The van der Waals surface area contributed by atoms with Gasteiger partial charge in [-0.15, -0.1) is 0 Å². The summed E-state index contributed by atoms with van der Waals surface area (Å²) >= 11 is 0. The topological polar surface area (TPSA) is 129 Å². The number of ketones is 1. The van der Waals surface area contributed by atoms with Gasteiger partial charge in [0.1, 0.15) is 0 Å².